The van der Waals surface area contributed by atoms with E-state index >= 15 is 0 Å². The van der Waals surface area contributed by atoms with Gasteiger partial charge in [0.25, 0.3) is 5.91 Å². The summed E-state index contributed by atoms with van der Waals surface area (Å²) in [7, 11) is 0. The van der Waals surface area contributed by atoms with Crippen molar-refractivity contribution in [3.63, 3.8) is 0 Å². The Labute approximate surface area is 141 Å². The van der Waals surface area contributed by atoms with Gasteiger partial charge in [-0.25, -0.2) is 4.79 Å². The van der Waals surface area contributed by atoms with Crippen LogP contribution in [-0.4, -0.2) is 39.1 Å². The number of halogens is 2. The SMILES string of the molecule is O=C(O)C1CSC(C2CC2)N1C(=O)c1cc(Br)c(Br)s1. The van der Waals surface area contributed by atoms with Gasteiger partial charge in [-0.05, 0) is 56.7 Å². The number of thiophene rings is 1. The van der Waals surface area contributed by atoms with Crippen molar-refractivity contribution in [2.75, 3.05) is 5.75 Å². The molecule has 0 aromatic carbocycles. The number of amides is 1. The molecule has 0 spiro atoms. The fraction of sp³-hybridized carbons (Fsp3) is 0.500. The molecule has 1 saturated carbocycles. The molecule has 4 nitrogen and oxygen atoms in total. The van der Waals surface area contributed by atoms with E-state index in [1.54, 1.807) is 22.7 Å². The summed E-state index contributed by atoms with van der Waals surface area (Å²) in [5.41, 5.74) is 0. The van der Waals surface area contributed by atoms with Gasteiger partial charge < -0.3 is 10.0 Å². The van der Waals surface area contributed by atoms with E-state index < -0.39 is 12.0 Å². The standard InChI is InChI=1S/C12H11Br2NO3S2/c13-6-3-8(20-9(6)14)10(16)15-7(12(17)18)4-19-11(15)5-1-2-5/h3,5,7,11H,1-2,4H2,(H,17,18). The van der Waals surface area contributed by atoms with Crippen molar-refractivity contribution in [1.82, 2.24) is 4.90 Å². The van der Waals surface area contributed by atoms with Crippen molar-refractivity contribution in [3.05, 3.63) is 19.2 Å². The maximum atomic E-state index is 12.7. The molecular formula is C12H11Br2NO3S2. The van der Waals surface area contributed by atoms with Crippen LogP contribution in [0.15, 0.2) is 14.3 Å². The second kappa shape index (κ2) is 5.62. The van der Waals surface area contributed by atoms with Crippen LogP contribution < -0.4 is 0 Å². The second-order valence-corrected chi connectivity index (χ2v) is 9.23. The number of carbonyl (C=O) groups is 2. The molecular weight excluding hydrogens is 430 g/mol. The molecule has 3 rings (SSSR count). The van der Waals surface area contributed by atoms with Crippen LogP contribution in [0.3, 0.4) is 0 Å². The summed E-state index contributed by atoms with van der Waals surface area (Å²) < 4.78 is 1.68. The van der Waals surface area contributed by atoms with Crippen LogP contribution in [0.1, 0.15) is 22.5 Å². The molecule has 1 aliphatic heterocycles. The predicted octanol–water partition coefficient (Wildman–Crippen LogP) is 3.65. The van der Waals surface area contributed by atoms with Gasteiger partial charge in [0.1, 0.15) is 6.04 Å². The third-order valence-electron chi connectivity index (χ3n) is 3.44. The summed E-state index contributed by atoms with van der Waals surface area (Å²) in [6.45, 7) is 0. The van der Waals surface area contributed by atoms with E-state index in [-0.39, 0.29) is 11.3 Å². The number of hydrogen-bond donors (Lipinski definition) is 1. The second-order valence-electron chi connectivity index (χ2n) is 4.86. The zero-order valence-electron chi connectivity index (χ0n) is 10.2. The molecule has 0 radical (unpaired) electrons. The number of carboxylic acids is 1. The van der Waals surface area contributed by atoms with Gasteiger partial charge in [0.15, 0.2) is 0 Å². The third-order valence-corrected chi connectivity index (χ3v) is 8.14. The zero-order valence-corrected chi connectivity index (χ0v) is 15.0. The van der Waals surface area contributed by atoms with Crippen LogP contribution in [-0.2, 0) is 4.79 Å². The van der Waals surface area contributed by atoms with Crippen molar-refractivity contribution < 1.29 is 14.7 Å². The Morgan fingerprint density at radius 3 is 2.55 bits per heavy atom. The van der Waals surface area contributed by atoms with Gasteiger partial charge in [-0.1, -0.05) is 0 Å². The summed E-state index contributed by atoms with van der Waals surface area (Å²) in [4.78, 5) is 26.2. The number of thioether (sulfide) groups is 1. The first-order valence-electron chi connectivity index (χ1n) is 6.11. The maximum absolute atomic E-state index is 12.7. The Hall–Kier alpha value is -0.0500. The molecule has 2 fully saturated rings. The molecule has 2 atom stereocenters. The Balaban J connectivity index is 1.90. The van der Waals surface area contributed by atoms with Gasteiger partial charge in [-0.15, -0.1) is 23.1 Å². The van der Waals surface area contributed by atoms with Crippen molar-refractivity contribution in [2.24, 2.45) is 5.92 Å². The summed E-state index contributed by atoms with van der Waals surface area (Å²) in [5, 5.41) is 9.35. The summed E-state index contributed by atoms with van der Waals surface area (Å²) in [5.74, 6) is -0.143. The van der Waals surface area contributed by atoms with Crippen LogP contribution in [0.2, 0.25) is 0 Å². The monoisotopic (exact) mass is 439 g/mol. The van der Waals surface area contributed by atoms with Crippen molar-refractivity contribution in [1.29, 1.82) is 0 Å². The Morgan fingerprint density at radius 2 is 2.05 bits per heavy atom. The lowest BCUT2D eigenvalue weighted by Gasteiger charge is -2.26. The van der Waals surface area contributed by atoms with Gasteiger partial charge in [-0.3, -0.25) is 4.79 Å². The molecule has 2 heterocycles. The van der Waals surface area contributed by atoms with Gasteiger partial charge >= 0.3 is 5.97 Å². The largest absolute Gasteiger partial charge is 0.480 e. The smallest absolute Gasteiger partial charge is 0.327 e. The van der Waals surface area contributed by atoms with E-state index in [1.165, 1.54) is 11.3 Å². The molecule has 8 heteroatoms. The van der Waals surface area contributed by atoms with Gasteiger partial charge in [0, 0.05) is 10.2 Å². The Kier molecular flexibility index (Phi) is 4.18. The molecule has 2 aliphatic rings. The maximum Gasteiger partial charge on any atom is 0.327 e. The quantitative estimate of drug-likeness (QED) is 0.779. The highest BCUT2D eigenvalue weighted by Gasteiger charge is 2.48. The molecule has 2 unspecified atom stereocenters. The molecule has 0 bridgehead atoms. The molecule has 20 heavy (non-hydrogen) atoms. The lowest BCUT2D eigenvalue weighted by atomic mass is 10.2. The van der Waals surface area contributed by atoms with Gasteiger partial charge in [0.2, 0.25) is 0 Å². The van der Waals surface area contributed by atoms with E-state index in [4.69, 9.17) is 0 Å². The molecule has 1 aromatic heterocycles. The topological polar surface area (TPSA) is 57.6 Å². The third kappa shape index (κ3) is 2.67. The van der Waals surface area contributed by atoms with E-state index in [2.05, 4.69) is 31.9 Å². The average Bonchev–Trinajstić information content (AvgIpc) is 3.05. The first-order valence-corrected chi connectivity index (χ1v) is 9.56. The fourth-order valence-corrected chi connectivity index (χ4v) is 5.91. The minimum atomic E-state index is -0.913. The Bertz CT molecular complexity index is 554. The highest BCUT2D eigenvalue weighted by atomic mass is 79.9. The van der Waals surface area contributed by atoms with Gasteiger partial charge in [-0.2, -0.15) is 0 Å². The number of aliphatic carboxylic acids is 1. The molecule has 1 saturated heterocycles. The highest BCUT2D eigenvalue weighted by Crippen LogP contribution is 2.46. The summed E-state index contributed by atoms with van der Waals surface area (Å²) in [6.07, 6.45) is 2.18. The van der Waals surface area contributed by atoms with E-state index in [1.807, 2.05) is 0 Å². The van der Waals surface area contributed by atoms with Crippen LogP contribution in [0.25, 0.3) is 0 Å². The van der Waals surface area contributed by atoms with Crippen LogP contribution in [0.5, 0.6) is 0 Å². The predicted molar refractivity (Wildman–Crippen MR) is 86.3 cm³/mol. The molecule has 1 aliphatic carbocycles. The van der Waals surface area contributed by atoms with Gasteiger partial charge in [0.05, 0.1) is 14.0 Å². The van der Waals surface area contributed by atoms with Crippen molar-refractivity contribution in [2.45, 2.75) is 24.3 Å². The fourth-order valence-electron chi connectivity index (χ4n) is 2.30. The van der Waals surface area contributed by atoms with Crippen LogP contribution in [0, 0.1) is 5.92 Å². The summed E-state index contributed by atoms with van der Waals surface area (Å²) >= 11 is 9.67. The first-order chi connectivity index (χ1) is 9.49. The lowest BCUT2D eigenvalue weighted by molar-refractivity contribution is -0.141. The summed E-state index contributed by atoms with van der Waals surface area (Å²) in [6, 6.07) is 1.04. The highest BCUT2D eigenvalue weighted by molar-refractivity contribution is 9.13. The number of nitrogens with zero attached hydrogens (tertiary/aromatic N) is 1. The number of carbonyl (C=O) groups excluding carboxylic acids is 1. The van der Waals surface area contributed by atoms with Crippen molar-refractivity contribution in [3.8, 4) is 0 Å². The van der Waals surface area contributed by atoms with Crippen molar-refractivity contribution >= 4 is 66.8 Å². The molecule has 1 aromatic rings. The van der Waals surface area contributed by atoms with E-state index in [0.717, 1.165) is 21.1 Å². The number of rotatable bonds is 3. The average molecular weight is 441 g/mol. The Morgan fingerprint density at radius 1 is 1.35 bits per heavy atom. The molecule has 1 N–H and O–H groups in total. The molecule has 1 amide bonds. The normalized spacial score (nSPS) is 26.0. The van der Waals surface area contributed by atoms with E-state index in [9.17, 15) is 14.7 Å². The lowest BCUT2D eigenvalue weighted by Crippen LogP contribution is -2.46. The first kappa shape index (κ1) is 14.9. The minimum Gasteiger partial charge on any atom is -0.480 e. The molecule has 108 valence electrons. The van der Waals surface area contributed by atoms with Crippen LogP contribution in [0.4, 0.5) is 0 Å². The minimum absolute atomic E-state index is 0.0169. The number of hydrogen-bond acceptors (Lipinski definition) is 4. The zero-order chi connectivity index (χ0) is 14.4. The number of carboxylic acid groups (broad SMARTS) is 1. The van der Waals surface area contributed by atoms with Crippen LogP contribution >= 0.6 is 55.0 Å². The van der Waals surface area contributed by atoms with E-state index in [0.29, 0.717) is 16.5 Å².